The lowest BCUT2D eigenvalue weighted by molar-refractivity contribution is 0.298. The first kappa shape index (κ1) is 26.1. The van der Waals surface area contributed by atoms with Crippen molar-refractivity contribution in [1.29, 1.82) is 0 Å². The number of guanidine groups is 1. The van der Waals surface area contributed by atoms with Crippen molar-refractivity contribution in [2.75, 3.05) is 39.7 Å². The van der Waals surface area contributed by atoms with Gasteiger partial charge in [-0.15, -0.1) is 24.0 Å². The van der Waals surface area contributed by atoms with E-state index in [1.165, 1.54) is 17.4 Å². The zero-order valence-corrected chi connectivity index (χ0v) is 20.5. The molecule has 0 saturated heterocycles. The topological polar surface area (TPSA) is 73.8 Å². The third-order valence-electron chi connectivity index (χ3n) is 4.39. The smallest absolute Gasteiger partial charge is 0.191 e. The Morgan fingerprint density at radius 3 is 2.26 bits per heavy atom. The van der Waals surface area contributed by atoms with Crippen LogP contribution in [-0.2, 0) is 16.3 Å². The average molecular weight is 510 g/mol. The fourth-order valence-corrected chi connectivity index (χ4v) is 3.44. The SMILES string of the molecule is CCc1ccc(C(CNC(=NC)NC(C)CCS(C)(=O)=O)N(C)C)cc1.I. The van der Waals surface area contributed by atoms with Crippen molar-refractivity contribution in [3.63, 3.8) is 0 Å². The van der Waals surface area contributed by atoms with Gasteiger partial charge in [0.2, 0.25) is 0 Å². The van der Waals surface area contributed by atoms with E-state index >= 15 is 0 Å². The second kappa shape index (κ2) is 12.6. The van der Waals surface area contributed by atoms with E-state index in [4.69, 9.17) is 0 Å². The molecule has 0 amide bonds. The fraction of sp³-hybridized carbons (Fsp3) is 0.632. The average Bonchev–Trinajstić information content (AvgIpc) is 2.58. The Morgan fingerprint density at radius 2 is 1.81 bits per heavy atom. The van der Waals surface area contributed by atoms with Crippen molar-refractivity contribution in [3.05, 3.63) is 35.4 Å². The summed E-state index contributed by atoms with van der Waals surface area (Å²) in [5.41, 5.74) is 2.58. The molecular weight excluding hydrogens is 475 g/mol. The zero-order valence-electron chi connectivity index (χ0n) is 17.3. The van der Waals surface area contributed by atoms with Gasteiger partial charge in [0.15, 0.2) is 5.96 Å². The predicted octanol–water partition coefficient (Wildman–Crippen LogP) is 2.46. The van der Waals surface area contributed by atoms with Gasteiger partial charge in [0.05, 0.1) is 11.8 Å². The molecule has 2 atom stereocenters. The standard InChI is InChI=1S/C19H34N4O2S.HI/c1-7-16-8-10-17(11-9-16)18(23(4)5)14-21-19(20-3)22-15(2)12-13-26(6,24)25;/h8-11,15,18H,7,12-14H2,1-6H3,(H2,20,21,22);1H. The van der Waals surface area contributed by atoms with Gasteiger partial charge >= 0.3 is 0 Å². The van der Waals surface area contributed by atoms with Gasteiger partial charge in [0.25, 0.3) is 0 Å². The summed E-state index contributed by atoms with van der Waals surface area (Å²) in [5.74, 6) is 0.852. The van der Waals surface area contributed by atoms with Crippen LogP contribution < -0.4 is 10.6 Å². The number of hydrogen-bond acceptors (Lipinski definition) is 4. The summed E-state index contributed by atoms with van der Waals surface area (Å²) in [6.07, 6.45) is 2.85. The number of rotatable bonds is 9. The monoisotopic (exact) mass is 510 g/mol. The zero-order chi connectivity index (χ0) is 19.7. The quantitative estimate of drug-likeness (QED) is 0.304. The number of halogens is 1. The van der Waals surface area contributed by atoms with Crippen LogP contribution in [0.4, 0.5) is 0 Å². The van der Waals surface area contributed by atoms with E-state index in [9.17, 15) is 8.42 Å². The number of aryl methyl sites for hydroxylation is 1. The molecule has 2 N–H and O–H groups in total. The van der Waals surface area contributed by atoms with Crippen molar-refractivity contribution >= 4 is 39.8 Å². The summed E-state index contributed by atoms with van der Waals surface area (Å²) >= 11 is 0. The summed E-state index contributed by atoms with van der Waals surface area (Å²) in [5, 5.41) is 6.61. The van der Waals surface area contributed by atoms with E-state index in [-0.39, 0.29) is 41.8 Å². The van der Waals surface area contributed by atoms with Gasteiger partial charge in [-0.25, -0.2) is 8.42 Å². The first-order chi connectivity index (χ1) is 12.2. The van der Waals surface area contributed by atoms with Crippen molar-refractivity contribution in [1.82, 2.24) is 15.5 Å². The Kier molecular flexibility index (Phi) is 12.2. The summed E-state index contributed by atoms with van der Waals surface area (Å²) in [6, 6.07) is 8.94. The molecule has 1 aromatic carbocycles. The van der Waals surface area contributed by atoms with Gasteiger partial charge in [-0.1, -0.05) is 31.2 Å². The van der Waals surface area contributed by atoms with E-state index in [0.29, 0.717) is 18.9 Å². The van der Waals surface area contributed by atoms with Gasteiger partial charge in [0.1, 0.15) is 9.84 Å². The molecule has 0 aliphatic rings. The minimum absolute atomic E-state index is 0. The minimum Gasteiger partial charge on any atom is -0.354 e. The summed E-state index contributed by atoms with van der Waals surface area (Å²) in [4.78, 5) is 6.43. The van der Waals surface area contributed by atoms with Crippen LogP contribution in [0, 0.1) is 0 Å². The maximum Gasteiger partial charge on any atom is 0.191 e. The molecule has 156 valence electrons. The summed E-state index contributed by atoms with van der Waals surface area (Å²) < 4.78 is 22.6. The Balaban J connectivity index is 0.00000676. The molecule has 0 aromatic heterocycles. The van der Waals surface area contributed by atoms with E-state index in [1.54, 1.807) is 7.05 Å². The van der Waals surface area contributed by atoms with Gasteiger partial charge in [-0.2, -0.15) is 0 Å². The summed E-state index contributed by atoms with van der Waals surface area (Å²) in [7, 11) is 2.90. The lowest BCUT2D eigenvalue weighted by Crippen LogP contribution is -2.45. The highest BCUT2D eigenvalue weighted by molar-refractivity contribution is 14.0. The molecule has 0 saturated carbocycles. The molecule has 27 heavy (non-hydrogen) atoms. The first-order valence-corrected chi connectivity index (χ1v) is 11.1. The third kappa shape index (κ3) is 10.3. The largest absolute Gasteiger partial charge is 0.354 e. The van der Waals surface area contributed by atoms with Crippen molar-refractivity contribution < 1.29 is 8.42 Å². The van der Waals surface area contributed by atoms with Crippen LogP contribution in [0.1, 0.15) is 37.4 Å². The molecule has 0 fully saturated rings. The molecule has 6 nitrogen and oxygen atoms in total. The van der Waals surface area contributed by atoms with Crippen molar-refractivity contribution in [3.8, 4) is 0 Å². The third-order valence-corrected chi connectivity index (χ3v) is 5.36. The molecule has 0 heterocycles. The summed E-state index contributed by atoms with van der Waals surface area (Å²) in [6.45, 7) is 4.82. The Morgan fingerprint density at radius 1 is 1.22 bits per heavy atom. The van der Waals surface area contributed by atoms with Gasteiger partial charge in [-0.05, 0) is 45.0 Å². The Hall–Kier alpha value is -0.870. The first-order valence-electron chi connectivity index (χ1n) is 9.06. The minimum atomic E-state index is -2.95. The molecule has 1 aromatic rings. The van der Waals surface area contributed by atoms with Crippen LogP contribution in [0.2, 0.25) is 0 Å². The highest BCUT2D eigenvalue weighted by atomic mass is 127. The van der Waals surface area contributed by atoms with Crippen LogP contribution in [0.25, 0.3) is 0 Å². The van der Waals surface area contributed by atoms with Crippen molar-refractivity contribution in [2.24, 2.45) is 4.99 Å². The maximum absolute atomic E-state index is 11.3. The maximum atomic E-state index is 11.3. The Labute approximate surface area is 182 Å². The molecule has 0 aliphatic carbocycles. The van der Waals surface area contributed by atoms with E-state index < -0.39 is 9.84 Å². The van der Waals surface area contributed by atoms with E-state index in [1.807, 2.05) is 6.92 Å². The molecule has 0 radical (unpaired) electrons. The second-order valence-electron chi connectivity index (χ2n) is 6.99. The van der Waals surface area contributed by atoms with Crippen LogP contribution in [0.15, 0.2) is 29.3 Å². The predicted molar refractivity (Wildman–Crippen MR) is 126 cm³/mol. The lowest BCUT2D eigenvalue weighted by Gasteiger charge is -2.27. The molecule has 8 heteroatoms. The molecule has 0 aliphatic heterocycles. The molecule has 0 spiro atoms. The molecular formula is C19H35IN4O2S. The second-order valence-corrected chi connectivity index (χ2v) is 9.25. The number of nitrogens with one attached hydrogen (secondary N) is 2. The number of hydrogen-bond donors (Lipinski definition) is 2. The van der Waals surface area contributed by atoms with Crippen LogP contribution in [0.5, 0.6) is 0 Å². The van der Waals surface area contributed by atoms with E-state index in [2.05, 4.69) is 65.8 Å². The Bertz CT molecular complexity index is 675. The fourth-order valence-electron chi connectivity index (χ4n) is 2.66. The van der Waals surface area contributed by atoms with Crippen molar-refractivity contribution in [2.45, 2.75) is 38.8 Å². The van der Waals surface area contributed by atoms with Gasteiger partial charge < -0.3 is 15.5 Å². The van der Waals surface area contributed by atoms with Crippen LogP contribution in [-0.4, -0.2) is 65.0 Å². The highest BCUT2D eigenvalue weighted by Crippen LogP contribution is 2.18. The number of nitrogens with zero attached hydrogens (tertiary/aromatic N) is 2. The number of sulfone groups is 1. The van der Waals surface area contributed by atoms with Gasteiger partial charge in [-0.3, -0.25) is 4.99 Å². The number of benzene rings is 1. The number of aliphatic imine (C=N–C) groups is 1. The number of likely N-dealkylation sites (N-methyl/N-ethyl adjacent to an activating group) is 1. The molecule has 0 bridgehead atoms. The molecule has 1 rings (SSSR count). The highest BCUT2D eigenvalue weighted by Gasteiger charge is 2.15. The van der Waals surface area contributed by atoms with Crippen LogP contribution >= 0.6 is 24.0 Å². The van der Waals surface area contributed by atoms with Gasteiger partial charge in [0, 0.05) is 25.9 Å². The lowest BCUT2D eigenvalue weighted by atomic mass is 10.0. The molecule has 2 unspecified atom stereocenters. The normalized spacial score (nSPS) is 14.4. The van der Waals surface area contributed by atoms with E-state index in [0.717, 1.165) is 6.42 Å². The van der Waals surface area contributed by atoms with Crippen LogP contribution in [0.3, 0.4) is 0 Å².